The average Bonchev–Trinajstić information content (AvgIpc) is 2.90. The SMILES string of the molecule is COc1ccc(/C=C2\SC(N3CCC(C)CC3)=NC2=O)cc1. The molecular weight excluding hydrogens is 296 g/mol. The molecule has 0 aromatic heterocycles. The molecule has 22 heavy (non-hydrogen) atoms. The topological polar surface area (TPSA) is 41.9 Å². The van der Waals surface area contributed by atoms with Crippen LogP contribution in [0.1, 0.15) is 25.3 Å². The third-order valence-electron chi connectivity index (χ3n) is 4.08. The maximum atomic E-state index is 12.1. The molecule has 116 valence electrons. The number of hydrogen-bond donors (Lipinski definition) is 0. The first kappa shape index (κ1) is 15.2. The summed E-state index contributed by atoms with van der Waals surface area (Å²) < 4.78 is 5.14. The fourth-order valence-corrected chi connectivity index (χ4v) is 3.55. The van der Waals surface area contributed by atoms with E-state index in [0.29, 0.717) is 4.91 Å². The molecule has 2 aliphatic heterocycles. The van der Waals surface area contributed by atoms with Gasteiger partial charge in [-0.2, -0.15) is 4.99 Å². The Hall–Kier alpha value is -1.75. The van der Waals surface area contributed by atoms with Crippen molar-refractivity contribution in [1.82, 2.24) is 4.90 Å². The van der Waals surface area contributed by atoms with E-state index in [0.717, 1.165) is 35.5 Å². The fourth-order valence-electron chi connectivity index (χ4n) is 2.58. The number of nitrogens with zero attached hydrogens (tertiary/aromatic N) is 2. The van der Waals surface area contributed by atoms with Gasteiger partial charge in [-0.15, -0.1) is 0 Å². The molecule has 0 bridgehead atoms. The molecule has 0 aliphatic carbocycles. The first-order chi connectivity index (χ1) is 10.7. The molecule has 5 heteroatoms. The molecule has 1 aromatic carbocycles. The summed E-state index contributed by atoms with van der Waals surface area (Å²) >= 11 is 1.49. The lowest BCUT2D eigenvalue weighted by atomic mass is 10.00. The van der Waals surface area contributed by atoms with Gasteiger partial charge in [-0.05, 0) is 54.3 Å². The van der Waals surface area contributed by atoms with Crippen LogP contribution in [0.15, 0.2) is 34.2 Å². The van der Waals surface area contributed by atoms with Crippen molar-refractivity contribution < 1.29 is 9.53 Å². The number of methoxy groups -OCH3 is 1. The van der Waals surface area contributed by atoms with E-state index in [9.17, 15) is 4.79 Å². The molecular formula is C17H20N2O2S. The smallest absolute Gasteiger partial charge is 0.286 e. The van der Waals surface area contributed by atoms with Crippen molar-refractivity contribution in [2.24, 2.45) is 10.9 Å². The number of thioether (sulfide) groups is 1. The second-order valence-electron chi connectivity index (χ2n) is 5.75. The summed E-state index contributed by atoms with van der Waals surface area (Å²) in [6.07, 6.45) is 4.24. The molecule has 1 aromatic rings. The Morgan fingerprint density at radius 3 is 2.59 bits per heavy atom. The highest BCUT2D eigenvalue weighted by Crippen LogP contribution is 2.32. The van der Waals surface area contributed by atoms with Crippen LogP contribution in [0.2, 0.25) is 0 Å². The molecule has 0 unspecified atom stereocenters. The van der Waals surface area contributed by atoms with Crippen molar-refractivity contribution in [1.29, 1.82) is 0 Å². The summed E-state index contributed by atoms with van der Waals surface area (Å²) in [5, 5.41) is 0.858. The van der Waals surface area contributed by atoms with Crippen molar-refractivity contribution >= 4 is 28.9 Å². The van der Waals surface area contributed by atoms with Crippen LogP contribution in [0.25, 0.3) is 6.08 Å². The molecule has 1 saturated heterocycles. The number of piperidine rings is 1. The predicted octanol–water partition coefficient (Wildman–Crippen LogP) is 3.40. The third kappa shape index (κ3) is 3.35. The lowest BCUT2D eigenvalue weighted by molar-refractivity contribution is -0.113. The van der Waals surface area contributed by atoms with E-state index in [2.05, 4.69) is 16.8 Å². The van der Waals surface area contributed by atoms with Gasteiger partial charge in [0, 0.05) is 13.1 Å². The summed E-state index contributed by atoms with van der Waals surface area (Å²) in [4.78, 5) is 19.2. The maximum Gasteiger partial charge on any atom is 0.286 e. The minimum atomic E-state index is -0.130. The minimum absolute atomic E-state index is 0.130. The zero-order valence-electron chi connectivity index (χ0n) is 12.9. The van der Waals surface area contributed by atoms with E-state index in [1.807, 2.05) is 30.3 Å². The second-order valence-corrected chi connectivity index (χ2v) is 6.76. The number of amides is 1. The normalized spacial score (nSPS) is 21.4. The standard InChI is InChI=1S/C17H20N2O2S/c1-12-7-9-19(10-8-12)17-18-16(20)15(22-17)11-13-3-5-14(21-2)6-4-13/h3-6,11-12H,7-10H2,1-2H3/b15-11-. The van der Waals surface area contributed by atoms with Gasteiger partial charge in [0.15, 0.2) is 5.17 Å². The molecule has 0 spiro atoms. The van der Waals surface area contributed by atoms with Crippen LogP contribution in [0, 0.1) is 5.92 Å². The van der Waals surface area contributed by atoms with Crippen LogP contribution >= 0.6 is 11.8 Å². The predicted molar refractivity (Wildman–Crippen MR) is 91.0 cm³/mol. The fraction of sp³-hybridized carbons (Fsp3) is 0.412. The Bertz CT molecular complexity index is 614. The molecule has 1 fully saturated rings. The Morgan fingerprint density at radius 2 is 1.95 bits per heavy atom. The van der Waals surface area contributed by atoms with E-state index in [1.54, 1.807) is 7.11 Å². The zero-order chi connectivity index (χ0) is 15.5. The van der Waals surface area contributed by atoms with Crippen molar-refractivity contribution in [3.63, 3.8) is 0 Å². The van der Waals surface area contributed by atoms with Gasteiger partial charge in [-0.1, -0.05) is 19.1 Å². The quantitative estimate of drug-likeness (QED) is 0.784. The van der Waals surface area contributed by atoms with Gasteiger partial charge >= 0.3 is 0 Å². The second kappa shape index (κ2) is 6.57. The van der Waals surface area contributed by atoms with Gasteiger partial charge < -0.3 is 9.64 Å². The van der Waals surface area contributed by atoms with Crippen LogP contribution in [-0.2, 0) is 4.79 Å². The molecule has 0 N–H and O–H groups in total. The lowest BCUT2D eigenvalue weighted by Gasteiger charge is -2.30. The van der Waals surface area contributed by atoms with E-state index < -0.39 is 0 Å². The number of carbonyl (C=O) groups is 1. The largest absolute Gasteiger partial charge is 0.497 e. The average molecular weight is 316 g/mol. The summed E-state index contributed by atoms with van der Waals surface area (Å²) in [5.74, 6) is 1.45. The molecule has 4 nitrogen and oxygen atoms in total. The van der Waals surface area contributed by atoms with E-state index in [1.165, 1.54) is 24.6 Å². The van der Waals surface area contributed by atoms with Crippen LogP contribution < -0.4 is 4.74 Å². The molecule has 2 heterocycles. The van der Waals surface area contributed by atoms with Crippen molar-refractivity contribution in [2.75, 3.05) is 20.2 Å². The summed E-state index contributed by atoms with van der Waals surface area (Å²) in [6, 6.07) is 7.68. The number of rotatable bonds is 2. The minimum Gasteiger partial charge on any atom is -0.497 e. The van der Waals surface area contributed by atoms with Gasteiger partial charge in [0.2, 0.25) is 0 Å². The molecule has 0 atom stereocenters. The number of benzene rings is 1. The van der Waals surface area contributed by atoms with Crippen molar-refractivity contribution in [3.8, 4) is 5.75 Å². The van der Waals surface area contributed by atoms with Crippen molar-refractivity contribution in [2.45, 2.75) is 19.8 Å². The molecule has 2 aliphatic rings. The molecule has 1 amide bonds. The van der Waals surface area contributed by atoms with Gasteiger partial charge in [0.1, 0.15) is 5.75 Å². The number of hydrogen-bond acceptors (Lipinski definition) is 4. The highest BCUT2D eigenvalue weighted by Gasteiger charge is 2.28. The lowest BCUT2D eigenvalue weighted by Crippen LogP contribution is -2.35. The number of carbonyl (C=O) groups excluding carboxylic acids is 1. The maximum absolute atomic E-state index is 12.1. The highest BCUT2D eigenvalue weighted by molar-refractivity contribution is 8.18. The monoisotopic (exact) mass is 316 g/mol. The van der Waals surface area contributed by atoms with Gasteiger partial charge in [0.25, 0.3) is 5.91 Å². The van der Waals surface area contributed by atoms with Crippen molar-refractivity contribution in [3.05, 3.63) is 34.7 Å². The Labute approximate surface area is 135 Å². The Balaban J connectivity index is 1.69. The van der Waals surface area contributed by atoms with Crippen LogP contribution in [-0.4, -0.2) is 36.2 Å². The molecule has 0 radical (unpaired) electrons. The molecule has 0 saturated carbocycles. The van der Waals surface area contributed by atoms with Gasteiger partial charge in [-0.3, -0.25) is 4.79 Å². The first-order valence-electron chi connectivity index (χ1n) is 7.57. The first-order valence-corrected chi connectivity index (χ1v) is 8.39. The Morgan fingerprint density at radius 1 is 1.27 bits per heavy atom. The highest BCUT2D eigenvalue weighted by atomic mass is 32.2. The van der Waals surface area contributed by atoms with E-state index in [-0.39, 0.29) is 5.91 Å². The van der Waals surface area contributed by atoms with Crippen LogP contribution in [0.5, 0.6) is 5.75 Å². The van der Waals surface area contributed by atoms with Gasteiger partial charge in [-0.25, -0.2) is 0 Å². The number of aliphatic imine (C=N–C) groups is 1. The zero-order valence-corrected chi connectivity index (χ0v) is 13.7. The summed E-state index contributed by atoms with van der Waals surface area (Å²) in [6.45, 7) is 4.27. The van der Waals surface area contributed by atoms with Gasteiger partial charge in [0.05, 0.1) is 12.0 Å². The number of amidine groups is 1. The number of ether oxygens (including phenoxy) is 1. The van der Waals surface area contributed by atoms with Crippen LogP contribution in [0.4, 0.5) is 0 Å². The molecule has 3 rings (SSSR count). The van der Waals surface area contributed by atoms with Crippen LogP contribution in [0.3, 0.4) is 0 Å². The third-order valence-corrected chi connectivity index (χ3v) is 5.12. The van der Waals surface area contributed by atoms with E-state index >= 15 is 0 Å². The number of likely N-dealkylation sites (tertiary alicyclic amines) is 1. The Kier molecular flexibility index (Phi) is 4.52. The van der Waals surface area contributed by atoms with E-state index in [4.69, 9.17) is 4.74 Å². The summed E-state index contributed by atoms with van der Waals surface area (Å²) in [5.41, 5.74) is 0.986. The summed E-state index contributed by atoms with van der Waals surface area (Å²) in [7, 11) is 1.64.